The second kappa shape index (κ2) is 58.1. The number of carbonyl (C=O) groups is 2. The van der Waals surface area contributed by atoms with Crippen molar-refractivity contribution in [2.75, 3.05) is 47.5 Å². The van der Waals surface area contributed by atoms with Crippen LogP contribution in [0.25, 0.3) is 0 Å². The summed E-state index contributed by atoms with van der Waals surface area (Å²) in [5, 5.41) is 0. The van der Waals surface area contributed by atoms with Crippen LogP contribution in [0.4, 0.5) is 0 Å². The van der Waals surface area contributed by atoms with Gasteiger partial charge in [0.2, 0.25) is 0 Å². The molecule has 2 atom stereocenters. The Balaban J connectivity index is 4.07. The molecule has 2 unspecified atom stereocenters. The van der Waals surface area contributed by atoms with Gasteiger partial charge >= 0.3 is 19.8 Å². The number of esters is 2. The van der Waals surface area contributed by atoms with Gasteiger partial charge in [-0.05, 0) is 64.2 Å². The molecule has 0 rings (SSSR count). The van der Waals surface area contributed by atoms with Crippen molar-refractivity contribution in [2.45, 2.75) is 296 Å². The van der Waals surface area contributed by atoms with Crippen molar-refractivity contribution in [2.24, 2.45) is 0 Å². The third kappa shape index (κ3) is 62.5. The van der Waals surface area contributed by atoms with E-state index in [1.54, 1.807) is 0 Å². The third-order valence-corrected chi connectivity index (χ3v) is 15.0. The molecule has 448 valence electrons. The highest BCUT2D eigenvalue weighted by atomic mass is 31.2. The number of rotatable bonds is 59. The van der Waals surface area contributed by atoms with Crippen LogP contribution in [0.15, 0.2) is 72.9 Å². The molecular formula is C67H123NO8P+. The van der Waals surface area contributed by atoms with E-state index in [0.717, 1.165) is 77.0 Å². The summed E-state index contributed by atoms with van der Waals surface area (Å²) < 4.78 is 34.7. The number of nitrogens with zero attached hydrogens (tertiary/aromatic N) is 1. The summed E-state index contributed by atoms with van der Waals surface area (Å²) in [6, 6.07) is 0. The normalized spacial score (nSPS) is 13.7. The molecule has 0 aromatic carbocycles. The molecule has 0 saturated heterocycles. The van der Waals surface area contributed by atoms with Gasteiger partial charge in [0.05, 0.1) is 27.7 Å². The van der Waals surface area contributed by atoms with Gasteiger partial charge < -0.3 is 18.9 Å². The molecule has 0 aliphatic heterocycles. The molecule has 0 amide bonds. The number of hydrogen-bond donors (Lipinski definition) is 1. The molecule has 9 nitrogen and oxygen atoms in total. The number of quaternary nitrogens is 1. The molecule has 0 saturated carbocycles. The molecule has 0 aromatic rings. The summed E-state index contributed by atoms with van der Waals surface area (Å²) in [6.07, 6.45) is 77.0. The Labute approximate surface area is 476 Å². The van der Waals surface area contributed by atoms with Crippen LogP contribution in [0.3, 0.4) is 0 Å². The molecule has 77 heavy (non-hydrogen) atoms. The van der Waals surface area contributed by atoms with Crippen molar-refractivity contribution in [1.29, 1.82) is 0 Å². The number of phosphoric acid groups is 1. The van der Waals surface area contributed by atoms with Gasteiger partial charge in [0.25, 0.3) is 0 Å². The first-order valence-corrected chi connectivity index (χ1v) is 33.7. The van der Waals surface area contributed by atoms with E-state index >= 15 is 0 Å². The SMILES string of the molecule is CC/C=C\C/C=C\C/C=C\C/C=C\C/C=C\C/C=C\CCCCCCCCCCCCCCCCC(=O)OC(COC(=O)CCCCCCCCCCCCCCCCCCCCCC)COP(=O)(O)OCC[N+](C)(C)C. The maximum Gasteiger partial charge on any atom is 0.472 e. The zero-order chi connectivity index (χ0) is 56.3. The van der Waals surface area contributed by atoms with Crippen LogP contribution in [0.5, 0.6) is 0 Å². The van der Waals surface area contributed by atoms with E-state index in [1.807, 2.05) is 21.1 Å². The number of carbonyl (C=O) groups excluding carboxylic acids is 2. The summed E-state index contributed by atoms with van der Waals surface area (Å²) in [7, 11) is 1.48. The Hall–Kier alpha value is -2.55. The van der Waals surface area contributed by atoms with Gasteiger partial charge in [0.15, 0.2) is 6.10 Å². The molecule has 0 heterocycles. The van der Waals surface area contributed by atoms with Crippen molar-refractivity contribution in [3.8, 4) is 0 Å². The zero-order valence-electron chi connectivity index (χ0n) is 50.9. The maximum absolute atomic E-state index is 12.9. The highest BCUT2D eigenvalue weighted by Crippen LogP contribution is 2.43. The van der Waals surface area contributed by atoms with Crippen molar-refractivity contribution in [3.63, 3.8) is 0 Å². The minimum atomic E-state index is -4.39. The number of unbranched alkanes of at least 4 members (excludes halogenated alkanes) is 33. The van der Waals surface area contributed by atoms with Crippen LogP contribution in [0, 0.1) is 0 Å². The average Bonchev–Trinajstić information content (AvgIpc) is 3.39. The summed E-state index contributed by atoms with van der Waals surface area (Å²) in [4.78, 5) is 35.8. The fourth-order valence-corrected chi connectivity index (χ4v) is 9.82. The van der Waals surface area contributed by atoms with Crippen LogP contribution in [0.1, 0.15) is 290 Å². The molecule has 0 aliphatic rings. The molecule has 10 heteroatoms. The Morgan fingerprint density at radius 3 is 1.10 bits per heavy atom. The van der Waals surface area contributed by atoms with Gasteiger partial charge in [-0.15, -0.1) is 0 Å². The monoisotopic (exact) mass is 1100 g/mol. The van der Waals surface area contributed by atoms with E-state index in [0.29, 0.717) is 23.9 Å². The summed E-state index contributed by atoms with van der Waals surface area (Å²) >= 11 is 0. The first-order valence-electron chi connectivity index (χ1n) is 32.2. The first kappa shape index (κ1) is 74.5. The first-order chi connectivity index (χ1) is 37.5. The number of ether oxygens (including phenoxy) is 2. The summed E-state index contributed by atoms with van der Waals surface area (Å²) in [5.74, 6) is -0.786. The van der Waals surface area contributed by atoms with Gasteiger partial charge in [-0.2, -0.15) is 0 Å². The fourth-order valence-electron chi connectivity index (χ4n) is 9.08. The van der Waals surface area contributed by atoms with E-state index in [-0.39, 0.29) is 25.6 Å². The van der Waals surface area contributed by atoms with Crippen LogP contribution >= 0.6 is 7.82 Å². The number of allylic oxidation sites excluding steroid dienone is 12. The Kier molecular flexibility index (Phi) is 56.2. The predicted octanol–water partition coefficient (Wildman–Crippen LogP) is 20.4. The molecule has 1 N–H and O–H groups in total. The average molecular weight is 1100 g/mol. The quantitative estimate of drug-likeness (QED) is 0.0211. The van der Waals surface area contributed by atoms with Crippen LogP contribution in [0.2, 0.25) is 0 Å². The predicted molar refractivity (Wildman–Crippen MR) is 330 cm³/mol. The molecule has 0 spiro atoms. The summed E-state index contributed by atoms with van der Waals surface area (Å²) in [6.45, 7) is 4.36. The van der Waals surface area contributed by atoms with E-state index < -0.39 is 26.5 Å². The highest BCUT2D eigenvalue weighted by molar-refractivity contribution is 7.47. The van der Waals surface area contributed by atoms with E-state index in [9.17, 15) is 19.0 Å². The minimum absolute atomic E-state index is 0.0317. The van der Waals surface area contributed by atoms with E-state index in [1.165, 1.54) is 180 Å². The smallest absolute Gasteiger partial charge is 0.462 e. The lowest BCUT2D eigenvalue weighted by Crippen LogP contribution is -2.37. The van der Waals surface area contributed by atoms with Gasteiger partial charge in [-0.25, -0.2) is 4.57 Å². The number of likely N-dealkylation sites (N-methyl/N-ethyl adjacent to an activating group) is 1. The van der Waals surface area contributed by atoms with Gasteiger partial charge in [0, 0.05) is 12.8 Å². The highest BCUT2D eigenvalue weighted by Gasteiger charge is 2.27. The van der Waals surface area contributed by atoms with Gasteiger partial charge in [0.1, 0.15) is 19.8 Å². The second-order valence-corrected chi connectivity index (χ2v) is 24.2. The van der Waals surface area contributed by atoms with Crippen LogP contribution < -0.4 is 0 Å². The lowest BCUT2D eigenvalue weighted by Gasteiger charge is -2.24. The van der Waals surface area contributed by atoms with Crippen LogP contribution in [-0.4, -0.2) is 74.9 Å². The van der Waals surface area contributed by atoms with Gasteiger partial charge in [-0.1, -0.05) is 286 Å². The van der Waals surface area contributed by atoms with E-state index in [4.69, 9.17) is 18.5 Å². The van der Waals surface area contributed by atoms with Gasteiger partial charge in [-0.3, -0.25) is 18.6 Å². The summed E-state index contributed by atoms with van der Waals surface area (Å²) in [5.41, 5.74) is 0. The van der Waals surface area contributed by atoms with Crippen molar-refractivity contribution in [1.82, 2.24) is 0 Å². The van der Waals surface area contributed by atoms with Crippen molar-refractivity contribution >= 4 is 19.8 Å². The molecule has 0 fully saturated rings. The Morgan fingerprint density at radius 1 is 0.416 bits per heavy atom. The minimum Gasteiger partial charge on any atom is -0.462 e. The van der Waals surface area contributed by atoms with Crippen molar-refractivity contribution in [3.05, 3.63) is 72.9 Å². The standard InChI is InChI=1S/C67H122NO8P/c1-6-8-10-12-14-16-18-20-22-24-26-28-29-30-31-32-33-34-35-36-37-38-39-40-42-44-46-48-50-52-54-56-58-60-67(70)76-65(64-75-77(71,72)74-62-61-68(3,4)5)63-73-66(69)59-57-55-53-51-49-47-45-43-41-27-25-23-21-19-17-15-13-11-9-7-2/h8,10,14,16,20,22,26,28,30-31,33-34,65H,6-7,9,11-13,15,17-19,21,23-25,27,29,32,35-64H2,1-5H3/p+1/b10-8-,16-14-,22-20-,28-26-,31-30-,34-33-. The topological polar surface area (TPSA) is 108 Å². The van der Waals surface area contributed by atoms with E-state index in [2.05, 4.69) is 86.8 Å². The molecular weight excluding hydrogens is 978 g/mol. The maximum atomic E-state index is 12.9. The Morgan fingerprint density at radius 2 is 0.740 bits per heavy atom. The third-order valence-electron chi connectivity index (χ3n) is 14.0. The lowest BCUT2D eigenvalue weighted by atomic mass is 10.0. The fraction of sp³-hybridized carbons (Fsp3) is 0.791. The largest absolute Gasteiger partial charge is 0.472 e. The van der Waals surface area contributed by atoms with Crippen molar-refractivity contribution < 1.29 is 42.1 Å². The zero-order valence-corrected chi connectivity index (χ0v) is 51.8. The molecule has 0 radical (unpaired) electrons. The van der Waals surface area contributed by atoms with Crippen LogP contribution in [-0.2, 0) is 32.7 Å². The Bertz CT molecular complexity index is 1530. The number of phosphoric ester groups is 1. The second-order valence-electron chi connectivity index (χ2n) is 22.8. The lowest BCUT2D eigenvalue weighted by molar-refractivity contribution is -0.870. The number of hydrogen-bond acceptors (Lipinski definition) is 7. The molecule has 0 aromatic heterocycles. The molecule has 0 bridgehead atoms. The molecule has 0 aliphatic carbocycles.